The summed E-state index contributed by atoms with van der Waals surface area (Å²) in [6.45, 7) is 23.1. The van der Waals surface area contributed by atoms with E-state index in [9.17, 15) is 4.39 Å². The second kappa shape index (κ2) is 20.2. The van der Waals surface area contributed by atoms with Crippen molar-refractivity contribution < 1.29 is 4.39 Å². The molecule has 2 saturated heterocycles. The summed E-state index contributed by atoms with van der Waals surface area (Å²) in [6.07, 6.45) is 9.37. The Balaban J connectivity index is 0.000000272. The van der Waals surface area contributed by atoms with Crippen molar-refractivity contribution in [2.24, 2.45) is 5.92 Å². The lowest BCUT2D eigenvalue weighted by atomic mass is 9.88. The van der Waals surface area contributed by atoms with E-state index in [1.165, 1.54) is 28.7 Å². The predicted octanol–water partition coefficient (Wildman–Crippen LogP) is 7.74. The van der Waals surface area contributed by atoms with E-state index >= 15 is 0 Å². The molecular formula is C37H55FN4. The van der Waals surface area contributed by atoms with E-state index in [1.807, 2.05) is 24.3 Å². The van der Waals surface area contributed by atoms with E-state index in [2.05, 4.69) is 105 Å². The van der Waals surface area contributed by atoms with Gasteiger partial charge in [0.25, 0.3) is 0 Å². The molecule has 4 nitrogen and oxygen atoms in total. The van der Waals surface area contributed by atoms with E-state index in [1.54, 1.807) is 12.1 Å². The Bertz CT molecular complexity index is 1060. The van der Waals surface area contributed by atoms with Crippen LogP contribution in [0, 0.1) is 18.7 Å². The zero-order chi connectivity index (χ0) is 30.7. The first-order chi connectivity index (χ1) is 20.2. The number of nitrogens with one attached hydrogen (secondary N) is 1. The zero-order valence-electron chi connectivity index (χ0n) is 27.1. The Hall–Kier alpha value is -2.79. The molecule has 2 heterocycles. The van der Waals surface area contributed by atoms with Crippen LogP contribution in [0.5, 0.6) is 0 Å². The Kier molecular flexibility index (Phi) is 17.0. The summed E-state index contributed by atoms with van der Waals surface area (Å²) >= 11 is 0. The van der Waals surface area contributed by atoms with E-state index in [-0.39, 0.29) is 5.82 Å². The maximum absolute atomic E-state index is 13.3. The maximum Gasteiger partial charge on any atom is 0.123 e. The minimum atomic E-state index is -0.180. The van der Waals surface area contributed by atoms with Crippen molar-refractivity contribution >= 4 is 5.57 Å². The van der Waals surface area contributed by atoms with Crippen LogP contribution in [0.3, 0.4) is 0 Å². The quantitative estimate of drug-likeness (QED) is 0.257. The van der Waals surface area contributed by atoms with Gasteiger partial charge in [-0.1, -0.05) is 94.0 Å². The average molecular weight is 575 g/mol. The summed E-state index contributed by atoms with van der Waals surface area (Å²) in [5, 5.41) is 2.33. The molecule has 4 rings (SSSR count). The largest absolute Gasteiger partial charge is 0.306 e. The minimum Gasteiger partial charge on any atom is -0.306 e. The standard InChI is InChI=1S/C20H22FN.C13H23N3.C4H10/c1-15-3-5-16(6-4-15)20(17-7-9-19(21)10-8-17)18-11-13-22(2)14-12-18;1-3-5-6-7-9-15-10-12-16(13-11-15)14-8-4-2;1-4(2)3/h3-10H,11-14H2,1-2H3;5-7,14H,1,4,8-13H2,2H3;4H,1-3H3/b;7-6+;. The number of aryl methyl sites for hydroxylation is 1. The van der Waals surface area contributed by atoms with Gasteiger partial charge in [-0.25, -0.2) is 9.40 Å². The average Bonchev–Trinajstić information content (AvgIpc) is 2.98. The lowest BCUT2D eigenvalue weighted by molar-refractivity contribution is 0.0968. The van der Waals surface area contributed by atoms with Crippen LogP contribution in [0.4, 0.5) is 4.39 Å². The molecule has 0 saturated carbocycles. The van der Waals surface area contributed by atoms with Gasteiger partial charge in [0, 0.05) is 52.4 Å². The van der Waals surface area contributed by atoms with E-state index < -0.39 is 0 Å². The number of halogens is 1. The van der Waals surface area contributed by atoms with Gasteiger partial charge in [0.1, 0.15) is 5.82 Å². The molecule has 0 atom stereocenters. The molecule has 0 aliphatic carbocycles. The second-order valence-electron chi connectivity index (χ2n) is 11.9. The lowest BCUT2D eigenvalue weighted by Crippen LogP contribution is -2.51. The predicted molar refractivity (Wildman–Crippen MR) is 180 cm³/mol. The number of rotatable bonds is 8. The molecule has 0 bridgehead atoms. The van der Waals surface area contributed by atoms with Crippen molar-refractivity contribution in [2.75, 3.05) is 59.4 Å². The highest BCUT2D eigenvalue weighted by atomic mass is 19.1. The van der Waals surface area contributed by atoms with Gasteiger partial charge in [0.2, 0.25) is 0 Å². The Morgan fingerprint density at radius 2 is 1.48 bits per heavy atom. The van der Waals surface area contributed by atoms with Crippen molar-refractivity contribution in [2.45, 2.75) is 53.9 Å². The van der Waals surface area contributed by atoms with E-state index in [4.69, 9.17) is 0 Å². The van der Waals surface area contributed by atoms with E-state index in [0.717, 1.165) is 76.7 Å². The first kappa shape index (κ1) is 35.4. The fraction of sp³-hybridized carbons (Fsp3) is 0.486. The van der Waals surface area contributed by atoms with Gasteiger partial charge in [-0.3, -0.25) is 10.3 Å². The molecule has 0 unspecified atom stereocenters. The number of allylic oxidation sites excluding steroid dienone is 2. The van der Waals surface area contributed by atoms with Crippen molar-refractivity contribution in [1.29, 1.82) is 0 Å². The number of piperidine rings is 1. The van der Waals surface area contributed by atoms with Gasteiger partial charge >= 0.3 is 0 Å². The van der Waals surface area contributed by atoms with Crippen molar-refractivity contribution in [3.8, 4) is 0 Å². The summed E-state index contributed by atoms with van der Waals surface area (Å²) in [5.41, 5.74) is 12.5. The molecule has 0 aromatic heterocycles. The van der Waals surface area contributed by atoms with Crippen molar-refractivity contribution in [3.63, 3.8) is 0 Å². The van der Waals surface area contributed by atoms with Crippen LogP contribution in [0.2, 0.25) is 0 Å². The third-order valence-electron chi connectivity index (χ3n) is 7.09. The number of hydrogen-bond acceptors (Lipinski definition) is 4. The smallest absolute Gasteiger partial charge is 0.123 e. The molecule has 2 fully saturated rings. The van der Waals surface area contributed by atoms with Crippen LogP contribution in [0.15, 0.2) is 84.6 Å². The van der Waals surface area contributed by atoms with Gasteiger partial charge in [0.15, 0.2) is 0 Å². The molecule has 230 valence electrons. The zero-order valence-corrected chi connectivity index (χ0v) is 27.1. The third-order valence-corrected chi connectivity index (χ3v) is 7.09. The molecule has 0 amide bonds. The molecule has 2 aromatic rings. The fourth-order valence-corrected chi connectivity index (χ4v) is 4.75. The van der Waals surface area contributed by atoms with Crippen LogP contribution in [0.1, 0.15) is 63.6 Å². The first-order valence-corrected chi connectivity index (χ1v) is 15.7. The Morgan fingerprint density at radius 1 is 0.929 bits per heavy atom. The number of hydrazine groups is 1. The minimum absolute atomic E-state index is 0.180. The highest BCUT2D eigenvalue weighted by molar-refractivity contribution is 5.82. The van der Waals surface area contributed by atoms with Gasteiger partial charge in [-0.15, -0.1) is 5.73 Å². The van der Waals surface area contributed by atoms with Crippen LogP contribution in [-0.2, 0) is 0 Å². The van der Waals surface area contributed by atoms with Crippen molar-refractivity contribution in [3.05, 3.63) is 107 Å². The van der Waals surface area contributed by atoms with Crippen molar-refractivity contribution in [1.82, 2.24) is 20.2 Å². The molecule has 2 aromatic carbocycles. The number of likely N-dealkylation sites (tertiary alicyclic amines) is 1. The molecule has 0 spiro atoms. The Labute approximate surface area is 256 Å². The molecule has 42 heavy (non-hydrogen) atoms. The van der Waals surface area contributed by atoms with E-state index in [0.29, 0.717) is 0 Å². The van der Waals surface area contributed by atoms with Gasteiger partial charge in [-0.05, 0) is 74.1 Å². The first-order valence-electron chi connectivity index (χ1n) is 15.7. The Morgan fingerprint density at radius 3 is 2.00 bits per heavy atom. The van der Waals surface area contributed by atoms with Crippen LogP contribution >= 0.6 is 0 Å². The molecular weight excluding hydrogens is 519 g/mol. The molecule has 0 radical (unpaired) electrons. The van der Waals surface area contributed by atoms with Crippen LogP contribution in [0.25, 0.3) is 5.57 Å². The van der Waals surface area contributed by atoms with Gasteiger partial charge in [-0.2, -0.15) is 0 Å². The fourth-order valence-electron chi connectivity index (χ4n) is 4.75. The molecule has 1 N–H and O–H groups in total. The molecule has 2 aliphatic rings. The SMILES string of the molecule is C=C=C/C=C/CN1CCN(NCCC)CC1.CC(C)C.Cc1ccc(C(=C2CCN(C)CC2)c2ccc(F)cc2)cc1. The summed E-state index contributed by atoms with van der Waals surface area (Å²) < 4.78 is 13.3. The highest BCUT2D eigenvalue weighted by Crippen LogP contribution is 2.32. The number of nitrogens with zero attached hydrogens (tertiary/aromatic N) is 3. The second-order valence-corrected chi connectivity index (χ2v) is 11.9. The number of hydrogen-bond donors (Lipinski definition) is 1. The third kappa shape index (κ3) is 13.9. The summed E-state index contributed by atoms with van der Waals surface area (Å²) in [6, 6.07) is 15.6. The molecule has 5 heteroatoms. The monoisotopic (exact) mass is 574 g/mol. The summed E-state index contributed by atoms with van der Waals surface area (Å²) in [7, 11) is 2.17. The summed E-state index contributed by atoms with van der Waals surface area (Å²) in [4.78, 5) is 4.82. The lowest BCUT2D eigenvalue weighted by Gasteiger charge is -2.34. The highest BCUT2D eigenvalue weighted by Gasteiger charge is 2.17. The number of piperazine rings is 1. The van der Waals surface area contributed by atoms with Crippen LogP contribution in [-0.4, -0.2) is 74.2 Å². The van der Waals surface area contributed by atoms with Crippen LogP contribution < -0.4 is 5.43 Å². The van der Waals surface area contributed by atoms with Gasteiger partial charge < -0.3 is 4.90 Å². The van der Waals surface area contributed by atoms with Gasteiger partial charge in [0.05, 0.1) is 0 Å². The normalized spacial score (nSPS) is 16.3. The maximum atomic E-state index is 13.3. The topological polar surface area (TPSA) is 21.8 Å². The summed E-state index contributed by atoms with van der Waals surface area (Å²) in [5.74, 6) is 0.653. The number of benzene rings is 2. The molecule has 2 aliphatic heterocycles.